The first-order valence-electron chi connectivity index (χ1n) is 8.61. The second kappa shape index (κ2) is 7.05. The van der Waals surface area contributed by atoms with Crippen LogP contribution in [0.3, 0.4) is 0 Å². The molecule has 1 aliphatic heterocycles. The van der Waals surface area contributed by atoms with Crippen molar-refractivity contribution >= 4 is 17.2 Å². The van der Waals surface area contributed by atoms with Crippen molar-refractivity contribution < 1.29 is 9.32 Å². The molecule has 24 heavy (non-hydrogen) atoms. The van der Waals surface area contributed by atoms with E-state index in [1.807, 2.05) is 32.6 Å². The Bertz CT molecular complexity index is 702. The van der Waals surface area contributed by atoms with E-state index in [4.69, 9.17) is 4.52 Å². The van der Waals surface area contributed by atoms with Gasteiger partial charge in [-0.3, -0.25) is 4.79 Å². The lowest BCUT2D eigenvalue weighted by molar-refractivity contribution is -0.139. The van der Waals surface area contributed by atoms with Gasteiger partial charge in [0.25, 0.3) is 0 Å². The maximum absolute atomic E-state index is 13.1. The number of aromatic nitrogens is 2. The highest BCUT2D eigenvalue weighted by atomic mass is 32.1. The predicted octanol–water partition coefficient (Wildman–Crippen LogP) is 3.99. The number of rotatable bonds is 4. The van der Waals surface area contributed by atoms with E-state index in [1.54, 1.807) is 11.3 Å². The number of piperidine rings is 1. The molecule has 3 rings (SSSR count). The second-order valence-corrected chi connectivity index (χ2v) is 7.67. The first kappa shape index (κ1) is 17.1. The summed E-state index contributed by atoms with van der Waals surface area (Å²) in [5.41, 5.74) is 2.99. The number of amides is 1. The number of nitrogens with zero attached hydrogens (tertiary/aromatic N) is 3. The molecule has 3 heterocycles. The van der Waals surface area contributed by atoms with Crippen molar-refractivity contribution in [2.75, 3.05) is 6.54 Å². The van der Waals surface area contributed by atoms with Gasteiger partial charge >= 0.3 is 0 Å². The molecule has 0 unspecified atom stereocenters. The standard InChI is InChI=1S/C18H25N3O2S/c1-11(9-15-13(3)20-23-14(15)4)18(22)21-8-6-5-7-16(21)17-19-12(2)10-24-17/h10-11,16H,5-9H2,1-4H3/t11-,16-/m1/s1. The van der Waals surface area contributed by atoms with Crippen LogP contribution < -0.4 is 0 Å². The zero-order valence-electron chi connectivity index (χ0n) is 14.8. The van der Waals surface area contributed by atoms with Crippen LogP contribution in [-0.4, -0.2) is 27.5 Å². The molecule has 1 amide bonds. The van der Waals surface area contributed by atoms with E-state index >= 15 is 0 Å². The highest BCUT2D eigenvalue weighted by Gasteiger charge is 2.32. The normalized spacial score (nSPS) is 19.5. The van der Waals surface area contributed by atoms with Gasteiger partial charge in [0.15, 0.2) is 0 Å². The molecule has 0 N–H and O–H groups in total. The van der Waals surface area contributed by atoms with Crippen LogP contribution in [0.2, 0.25) is 0 Å². The molecule has 2 aromatic rings. The molecule has 2 aromatic heterocycles. The molecule has 0 spiro atoms. The summed E-state index contributed by atoms with van der Waals surface area (Å²) in [6.07, 6.45) is 3.92. The summed E-state index contributed by atoms with van der Waals surface area (Å²) in [5.74, 6) is 0.953. The smallest absolute Gasteiger partial charge is 0.226 e. The molecule has 130 valence electrons. The highest BCUT2D eigenvalue weighted by Crippen LogP contribution is 2.34. The molecular formula is C18H25N3O2S. The Hall–Kier alpha value is -1.69. The minimum Gasteiger partial charge on any atom is -0.361 e. The molecule has 0 bridgehead atoms. The topological polar surface area (TPSA) is 59.2 Å². The molecular weight excluding hydrogens is 322 g/mol. The Morgan fingerprint density at radius 2 is 2.21 bits per heavy atom. The molecule has 5 nitrogen and oxygen atoms in total. The van der Waals surface area contributed by atoms with Crippen molar-refractivity contribution in [2.45, 2.75) is 59.4 Å². The zero-order chi connectivity index (χ0) is 17.3. The minimum absolute atomic E-state index is 0.0801. The number of carbonyl (C=O) groups is 1. The molecule has 0 aromatic carbocycles. The largest absolute Gasteiger partial charge is 0.361 e. The van der Waals surface area contributed by atoms with Gasteiger partial charge in [0.1, 0.15) is 10.8 Å². The van der Waals surface area contributed by atoms with Crippen molar-refractivity contribution in [1.29, 1.82) is 0 Å². The van der Waals surface area contributed by atoms with E-state index < -0.39 is 0 Å². The molecule has 6 heteroatoms. The summed E-state index contributed by atoms with van der Waals surface area (Å²) >= 11 is 1.67. The zero-order valence-corrected chi connectivity index (χ0v) is 15.7. The van der Waals surface area contributed by atoms with Crippen LogP contribution in [0.1, 0.15) is 59.9 Å². The third kappa shape index (κ3) is 3.38. The fourth-order valence-electron chi connectivity index (χ4n) is 3.45. The predicted molar refractivity (Wildman–Crippen MR) is 94.0 cm³/mol. The first-order chi connectivity index (χ1) is 11.5. The summed E-state index contributed by atoms with van der Waals surface area (Å²) in [7, 11) is 0. The lowest BCUT2D eigenvalue weighted by atomic mass is 9.95. The van der Waals surface area contributed by atoms with Crippen LogP contribution in [0.25, 0.3) is 0 Å². The number of thiazole rings is 1. The molecule has 0 aliphatic carbocycles. The van der Waals surface area contributed by atoms with Gasteiger partial charge in [-0.1, -0.05) is 12.1 Å². The molecule has 2 atom stereocenters. The first-order valence-corrected chi connectivity index (χ1v) is 9.49. The van der Waals surface area contributed by atoms with E-state index in [2.05, 4.69) is 15.5 Å². The van der Waals surface area contributed by atoms with Crippen LogP contribution in [0.15, 0.2) is 9.90 Å². The van der Waals surface area contributed by atoms with Crippen LogP contribution in [0.4, 0.5) is 0 Å². The Balaban J connectivity index is 1.76. The van der Waals surface area contributed by atoms with Gasteiger partial charge in [-0.2, -0.15) is 0 Å². The number of carbonyl (C=O) groups excluding carboxylic acids is 1. The van der Waals surface area contributed by atoms with Gasteiger partial charge in [-0.25, -0.2) is 4.98 Å². The summed E-state index contributed by atoms with van der Waals surface area (Å²) in [5, 5.41) is 7.14. The van der Waals surface area contributed by atoms with Crippen LogP contribution in [0, 0.1) is 26.7 Å². The van der Waals surface area contributed by atoms with E-state index in [9.17, 15) is 4.79 Å². The van der Waals surface area contributed by atoms with Crippen molar-refractivity contribution in [3.63, 3.8) is 0 Å². The van der Waals surface area contributed by atoms with Crippen molar-refractivity contribution in [2.24, 2.45) is 5.92 Å². The quantitative estimate of drug-likeness (QED) is 0.839. The average molecular weight is 347 g/mol. The third-order valence-corrected chi connectivity index (χ3v) is 5.88. The summed E-state index contributed by atoms with van der Waals surface area (Å²) in [6, 6.07) is 0.136. The molecule has 0 radical (unpaired) electrons. The summed E-state index contributed by atoms with van der Waals surface area (Å²) < 4.78 is 5.23. The summed E-state index contributed by atoms with van der Waals surface area (Å²) in [4.78, 5) is 19.8. The summed E-state index contributed by atoms with van der Waals surface area (Å²) in [6.45, 7) is 8.69. The molecule has 1 fully saturated rings. The molecule has 1 aliphatic rings. The maximum Gasteiger partial charge on any atom is 0.226 e. The Kier molecular flexibility index (Phi) is 5.04. The Labute approximate surface area is 147 Å². The van der Waals surface area contributed by atoms with Gasteiger partial charge in [-0.05, 0) is 46.5 Å². The number of likely N-dealkylation sites (tertiary alicyclic amines) is 1. The SMILES string of the molecule is Cc1csc([C@H]2CCCCN2C(=O)[C@H](C)Cc2c(C)noc2C)n1. The second-order valence-electron chi connectivity index (χ2n) is 6.78. The van der Waals surface area contributed by atoms with Gasteiger partial charge in [0, 0.05) is 29.1 Å². The average Bonchev–Trinajstić information content (AvgIpc) is 3.14. The van der Waals surface area contributed by atoms with Crippen LogP contribution >= 0.6 is 11.3 Å². The van der Waals surface area contributed by atoms with Crippen molar-refractivity contribution in [3.05, 3.63) is 33.1 Å². The lowest BCUT2D eigenvalue weighted by Gasteiger charge is -2.36. The van der Waals surface area contributed by atoms with E-state index in [0.717, 1.165) is 53.5 Å². The van der Waals surface area contributed by atoms with Gasteiger partial charge < -0.3 is 9.42 Å². The van der Waals surface area contributed by atoms with Crippen molar-refractivity contribution in [3.8, 4) is 0 Å². The van der Waals surface area contributed by atoms with Crippen LogP contribution in [0.5, 0.6) is 0 Å². The Morgan fingerprint density at radius 1 is 1.42 bits per heavy atom. The molecule has 1 saturated heterocycles. The van der Waals surface area contributed by atoms with Gasteiger partial charge in [0.2, 0.25) is 5.91 Å². The minimum atomic E-state index is -0.0801. The number of hydrogen-bond acceptors (Lipinski definition) is 5. The van der Waals surface area contributed by atoms with Gasteiger partial charge in [-0.15, -0.1) is 11.3 Å². The van der Waals surface area contributed by atoms with E-state index in [0.29, 0.717) is 6.42 Å². The maximum atomic E-state index is 13.1. The van der Waals surface area contributed by atoms with Crippen molar-refractivity contribution in [1.82, 2.24) is 15.0 Å². The van der Waals surface area contributed by atoms with Crippen LogP contribution in [-0.2, 0) is 11.2 Å². The Morgan fingerprint density at radius 3 is 2.83 bits per heavy atom. The highest BCUT2D eigenvalue weighted by molar-refractivity contribution is 7.09. The fourth-order valence-corrected chi connectivity index (χ4v) is 4.39. The monoisotopic (exact) mass is 347 g/mol. The van der Waals surface area contributed by atoms with E-state index in [-0.39, 0.29) is 17.9 Å². The lowest BCUT2D eigenvalue weighted by Crippen LogP contribution is -2.41. The van der Waals surface area contributed by atoms with Gasteiger partial charge in [0.05, 0.1) is 11.7 Å². The molecule has 0 saturated carbocycles. The third-order valence-electron chi connectivity index (χ3n) is 4.82. The fraction of sp³-hybridized carbons (Fsp3) is 0.611. The number of aryl methyl sites for hydroxylation is 3. The number of hydrogen-bond donors (Lipinski definition) is 0. The van der Waals surface area contributed by atoms with E-state index in [1.165, 1.54) is 0 Å².